The van der Waals surface area contributed by atoms with Crippen molar-refractivity contribution in [2.75, 3.05) is 11.1 Å². The van der Waals surface area contributed by atoms with Crippen molar-refractivity contribution in [2.24, 2.45) is 0 Å². The van der Waals surface area contributed by atoms with Gasteiger partial charge in [0.25, 0.3) is 5.56 Å². The van der Waals surface area contributed by atoms with Crippen molar-refractivity contribution in [3.8, 4) is 0 Å². The molecule has 0 aliphatic heterocycles. The molecule has 3 rings (SSSR count). The van der Waals surface area contributed by atoms with E-state index >= 15 is 0 Å². The largest absolute Gasteiger partial charge is 0.323 e. The zero-order valence-corrected chi connectivity index (χ0v) is 16.4. The summed E-state index contributed by atoms with van der Waals surface area (Å²) in [5.74, 6) is -5.28. The first kappa shape index (κ1) is 20.9. The van der Waals surface area contributed by atoms with E-state index in [0.717, 1.165) is 36.7 Å². The zero-order chi connectivity index (χ0) is 21.0. The third-order valence-electron chi connectivity index (χ3n) is 4.20. The predicted octanol–water partition coefficient (Wildman–Crippen LogP) is 4.34. The summed E-state index contributed by atoms with van der Waals surface area (Å²) in [6.45, 7) is 2.45. The number of anilines is 1. The van der Waals surface area contributed by atoms with Crippen LogP contribution in [0.25, 0.3) is 10.9 Å². The SMILES string of the molecule is CCCCn1c(SCC(=O)Nc2ccc(F)c(F)c2F)nc2ccccc2c1=O. The van der Waals surface area contributed by atoms with Gasteiger partial charge in [0.15, 0.2) is 22.6 Å². The summed E-state index contributed by atoms with van der Waals surface area (Å²) in [6.07, 6.45) is 1.64. The number of unbranched alkanes of at least 4 members (excludes halogenated alkanes) is 1. The summed E-state index contributed by atoms with van der Waals surface area (Å²) in [5.41, 5.74) is -0.136. The van der Waals surface area contributed by atoms with Crippen LogP contribution < -0.4 is 10.9 Å². The highest BCUT2D eigenvalue weighted by Crippen LogP contribution is 2.22. The Morgan fingerprint density at radius 3 is 2.66 bits per heavy atom. The molecule has 0 spiro atoms. The number of nitrogens with one attached hydrogen (secondary N) is 1. The molecule has 2 aromatic carbocycles. The first-order chi connectivity index (χ1) is 13.9. The lowest BCUT2D eigenvalue weighted by Crippen LogP contribution is -2.24. The highest BCUT2D eigenvalue weighted by Gasteiger charge is 2.17. The maximum absolute atomic E-state index is 13.7. The number of rotatable bonds is 7. The Morgan fingerprint density at radius 1 is 1.14 bits per heavy atom. The molecule has 0 aliphatic carbocycles. The van der Waals surface area contributed by atoms with E-state index < -0.39 is 29.0 Å². The summed E-state index contributed by atoms with van der Waals surface area (Å²) in [5, 5.41) is 3.06. The van der Waals surface area contributed by atoms with Crippen molar-refractivity contribution in [3.63, 3.8) is 0 Å². The van der Waals surface area contributed by atoms with Crippen LogP contribution in [-0.2, 0) is 11.3 Å². The lowest BCUT2D eigenvalue weighted by atomic mass is 10.2. The number of nitrogens with zero attached hydrogens (tertiary/aromatic N) is 2. The van der Waals surface area contributed by atoms with Crippen molar-refractivity contribution in [3.05, 3.63) is 64.2 Å². The molecule has 29 heavy (non-hydrogen) atoms. The van der Waals surface area contributed by atoms with Crippen LogP contribution >= 0.6 is 11.8 Å². The summed E-state index contributed by atoms with van der Waals surface area (Å²) in [4.78, 5) is 29.4. The number of hydrogen-bond donors (Lipinski definition) is 1. The average molecular weight is 421 g/mol. The van der Waals surface area contributed by atoms with Gasteiger partial charge in [-0.1, -0.05) is 37.2 Å². The number of fused-ring (bicyclic) bond motifs is 1. The molecule has 0 saturated heterocycles. The van der Waals surface area contributed by atoms with E-state index in [9.17, 15) is 22.8 Å². The van der Waals surface area contributed by atoms with Crippen LogP contribution in [0.5, 0.6) is 0 Å². The molecule has 1 heterocycles. The number of hydrogen-bond acceptors (Lipinski definition) is 4. The van der Waals surface area contributed by atoms with Crippen molar-refractivity contribution in [1.82, 2.24) is 9.55 Å². The average Bonchev–Trinajstić information content (AvgIpc) is 2.72. The molecule has 0 bridgehead atoms. The Kier molecular flexibility index (Phi) is 6.58. The molecule has 3 aromatic rings. The van der Waals surface area contributed by atoms with Crippen molar-refractivity contribution >= 4 is 34.3 Å². The maximum Gasteiger partial charge on any atom is 0.262 e. The second-order valence-electron chi connectivity index (χ2n) is 6.28. The second-order valence-corrected chi connectivity index (χ2v) is 7.22. The number of carbonyl (C=O) groups excluding carboxylic acids is 1. The minimum Gasteiger partial charge on any atom is -0.323 e. The van der Waals surface area contributed by atoms with Crippen molar-refractivity contribution < 1.29 is 18.0 Å². The van der Waals surface area contributed by atoms with Gasteiger partial charge < -0.3 is 5.32 Å². The number of para-hydroxylation sites is 1. The quantitative estimate of drug-likeness (QED) is 0.350. The smallest absolute Gasteiger partial charge is 0.262 e. The maximum atomic E-state index is 13.7. The number of amides is 1. The predicted molar refractivity (Wildman–Crippen MR) is 107 cm³/mol. The van der Waals surface area contributed by atoms with Crippen LogP contribution in [0.3, 0.4) is 0 Å². The van der Waals surface area contributed by atoms with Crippen molar-refractivity contribution in [2.45, 2.75) is 31.5 Å². The number of carbonyl (C=O) groups is 1. The van der Waals surface area contributed by atoms with Gasteiger partial charge in [-0.15, -0.1) is 0 Å². The summed E-state index contributed by atoms with van der Waals surface area (Å²) in [6, 6.07) is 8.60. The molecule has 0 atom stereocenters. The standard InChI is InChI=1S/C20H18F3N3O2S/c1-2-3-10-26-19(28)12-6-4-5-7-14(12)25-20(26)29-11-16(27)24-15-9-8-13(21)17(22)18(15)23/h4-9H,2-3,10-11H2,1H3,(H,24,27). The monoisotopic (exact) mass is 421 g/mol. The van der Waals surface area contributed by atoms with Gasteiger partial charge in [-0.25, -0.2) is 18.2 Å². The first-order valence-corrected chi connectivity index (χ1v) is 9.96. The molecule has 1 aromatic heterocycles. The molecular formula is C20H18F3N3O2S. The molecule has 1 N–H and O–H groups in total. The van der Waals surface area contributed by atoms with Crippen LogP contribution in [0, 0.1) is 17.5 Å². The second kappa shape index (κ2) is 9.13. The molecule has 5 nitrogen and oxygen atoms in total. The molecule has 152 valence electrons. The summed E-state index contributed by atoms with van der Waals surface area (Å²) >= 11 is 1.02. The van der Waals surface area contributed by atoms with Gasteiger partial charge in [-0.05, 0) is 30.7 Å². The Hall–Kier alpha value is -2.81. The number of halogens is 3. The van der Waals surface area contributed by atoms with Gasteiger partial charge in [-0.3, -0.25) is 14.2 Å². The lowest BCUT2D eigenvalue weighted by molar-refractivity contribution is -0.113. The van der Waals surface area contributed by atoms with Crippen LogP contribution in [0.4, 0.5) is 18.9 Å². The minimum atomic E-state index is -1.65. The molecule has 0 saturated carbocycles. The van der Waals surface area contributed by atoms with E-state index in [1.807, 2.05) is 6.92 Å². The van der Waals surface area contributed by atoms with E-state index in [1.54, 1.807) is 24.3 Å². The Labute approximate surface area is 169 Å². The minimum absolute atomic E-state index is 0.185. The molecule has 0 fully saturated rings. The normalized spacial score (nSPS) is 11.0. The lowest BCUT2D eigenvalue weighted by Gasteiger charge is -2.13. The van der Waals surface area contributed by atoms with E-state index in [-0.39, 0.29) is 11.3 Å². The Morgan fingerprint density at radius 2 is 1.90 bits per heavy atom. The van der Waals surface area contributed by atoms with Gasteiger partial charge in [0.1, 0.15) is 0 Å². The Bertz CT molecular complexity index is 1120. The fourth-order valence-corrected chi connectivity index (χ4v) is 3.54. The highest BCUT2D eigenvalue weighted by atomic mass is 32.2. The summed E-state index contributed by atoms with van der Waals surface area (Å²) in [7, 11) is 0. The molecule has 0 unspecified atom stereocenters. The molecule has 0 aliphatic rings. The van der Waals surface area contributed by atoms with Crippen molar-refractivity contribution in [1.29, 1.82) is 0 Å². The third-order valence-corrected chi connectivity index (χ3v) is 5.18. The Balaban J connectivity index is 1.81. The number of thioether (sulfide) groups is 1. The van der Waals surface area contributed by atoms with E-state index in [2.05, 4.69) is 10.3 Å². The molecule has 1 amide bonds. The number of benzene rings is 2. The van der Waals surface area contributed by atoms with Gasteiger partial charge >= 0.3 is 0 Å². The zero-order valence-electron chi connectivity index (χ0n) is 15.5. The van der Waals surface area contributed by atoms with Gasteiger partial charge in [0, 0.05) is 6.54 Å². The van der Waals surface area contributed by atoms with Crippen LogP contribution in [0.1, 0.15) is 19.8 Å². The van der Waals surface area contributed by atoms with Crippen LogP contribution in [-0.4, -0.2) is 21.2 Å². The van der Waals surface area contributed by atoms with E-state index in [4.69, 9.17) is 0 Å². The van der Waals surface area contributed by atoms with E-state index in [1.165, 1.54) is 4.57 Å². The topological polar surface area (TPSA) is 64.0 Å². The fourth-order valence-electron chi connectivity index (χ4n) is 2.71. The molecule has 9 heteroatoms. The van der Waals surface area contributed by atoms with Gasteiger partial charge in [0.2, 0.25) is 5.91 Å². The number of aromatic nitrogens is 2. The van der Waals surface area contributed by atoms with Gasteiger partial charge in [0.05, 0.1) is 22.3 Å². The van der Waals surface area contributed by atoms with Crippen LogP contribution in [0.2, 0.25) is 0 Å². The fraction of sp³-hybridized carbons (Fsp3) is 0.250. The third kappa shape index (κ3) is 4.61. The van der Waals surface area contributed by atoms with E-state index in [0.29, 0.717) is 22.6 Å². The highest BCUT2D eigenvalue weighted by molar-refractivity contribution is 7.99. The molecule has 0 radical (unpaired) electrons. The van der Waals surface area contributed by atoms with Crippen LogP contribution in [0.15, 0.2) is 46.3 Å². The molecular weight excluding hydrogens is 403 g/mol. The van der Waals surface area contributed by atoms with Gasteiger partial charge in [-0.2, -0.15) is 0 Å². The summed E-state index contributed by atoms with van der Waals surface area (Å²) < 4.78 is 41.5. The first-order valence-electron chi connectivity index (χ1n) is 8.98.